The van der Waals surface area contributed by atoms with Gasteiger partial charge in [0, 0.05) is 18.5 Å². The van der Waals surface area contributed by atoms with Gasteiger partial charge in [0.25, 0.3) is 0 Å². The molecule has 1 aliphatic heterocycles. The van der Waals surface area contributed by atoms with Gasteiger partial charge in [-0.2, -0.15) is 4.72 Å². The second-order valence-corrected chi connectivity index (χ2v) is 10.2. The second kappa shape index (κ2) is 9.85. The number of carboxylic acid groups (broad SMARTS) is 1. The van der Waals surface area contributed by atoms with Crippen molar-refractivity contribution in [1.29, 1.82) is 5.41 Å². The molecule has 1 amide bonds. The van der Waals surface area contributed by atoms with Gasteiger partial charge in [-0.05, 0) is 41.3 Å². The summed E-state index contributed by atoms with van der Waals surface area (Å²) in [4.78, 5) is 26.6. The highest BCUT2D eigenvalue weighted by Gasteiger charge is 2.38. The van der Waals surface area contributed by atoms with Crippen molar-refractivity contribution in [2.45, 2.75) is 36.2 Å². The lowest BCUT2D eigenvalue weighted by molar-refractivity contribution is -0.152. The minimum Gasteiger partial charge on any atom is -0.480 e. The van der Waals surface area contributed by atoms with Crippen molar-refractivity contribution in [3.05, 3.63) is 77.9 Å². The Labute approximate surface area is 203 Å². The third-order valence-electron chi connectivity index (χ3n) is 6.16. The molecule has 1 heterocycles. The van der Waals surface area contributed by atoms with E-state index in [-0.39, 0.29) is 30.1 Å². The van der Waals surface area contributed by atoms with Gasteiger partial charge in [-0.15, -0.1) is 0 Å². The maximum Gasteiger partial charge on any atom is 0.326 e. The number of fused-ring (bicyclic) bond motifs is 1. The maximum absolute atomic E-state index is 13.2. The maximum atomic E-state index is 13.2. The Bertz CT molecular complexity index is 1390. The van der Waals surface area contributed by atoms with Gasteiger partial charge in [0.1, 0.15) is 17.9 Å². The molecular formula is C25H26N4O5S. The number of nitrogen functional groups attached to an aromatic ring is 1. The van der Waals surface area contributed by atoms with E-state index in [1.807, 2.05) is 24.3 Å². The summed E-state index contributed by atoms with van der Waals surface area (Å²) in [6.45, 7) is 0.218. The molecule has 9 nitrogen and oxygen atoms in total. The number of carbonyl (C=O) groups is 2. The molecule has 1 aliphatic rings. The van der Waals surface area contributed by atoms with Crippen LogP contribution in [-0.4, -0.2) is 54.8 Å². The van der Waals surface area contributed by atoms with Gasteiger partial charge < -0.3 is 15.7 Å². The van der Waals surface area contributed by atoms with Crippen molar-refractivity contribution < 1.29 is 23.1 Å². The molecule has 182 valence electrons. The highest BCUT2D eigenvalue weighted by molar-refractivity contribution is 7.89. The molecule has 35 heavy (non-hydrogen) atoms. The van der Waals surface area contributed by atoms with Gasteiger partial charge in [-0.25, -0.2) is 13.2 Å². The summed E-state index contributed by atoms with van der Waals surface area (Å²) in [5.74, 6) is -1.83. The molecule has 2 atom stereocenters. The average molecular weight is 495 g/mol. The molecular weight excluding hydrogens is 468 g/mol. The molecule has 0 saturated carbocycles. The monoisotopic (exact) mass is 494 g/mol. The Morgan fingerprint density at radius 1 is 1.11 bits per heavy atom. The zero-order valence-electron chi connectivity index (χ0n) is 18.8. The number of hydrogen-bond donors (Lipinski definition) is 4. The Hall–Kier alpha value is -3.76. The van der Waals surface area contributed by atoms with Crippen LogP contribution < -0.4 is 10.5 Å². The van der Waals surface area contributed by atoms with Crippen molar-refractivity contribution in [3.63, 3.8) is 0 Å². The van der Waals surface area contributed by atoms with E-state index in [1.165, 1.54) is 11.0 Å². The smallest absolute Gasteiger partial charge is 0.326 e. The number of nitrogens with two attached hydrogens (primary N) is 1. The van der Waals surface area contributed by atoms with Crippen LogP contribution in [-0.2, 0) is 26.0 Å². The van der Waals surface area contributed by atoms with E-state index < -0.39 is 34.0 Å². The number of likely N-dealkylation sites (tertiary alicyclic amines) is 1. The molecule has 1 saturated heterocycles. The molecule has 0 radical (unpaired) electrons. The lowest BCUT2D eigenvalue weighted by Gasteiger charge is -2.36. The summed E-state index contributed by atoms with van der Waals surface area (Å²) >= 11 is 0. The number of carbonyl (C=O) groups excluding carboxylic acids is 1. The fraction of sp³-hybridized carbons (Fsp3) is 0.240. The fourth-order valence-electron chi connectivity index (χ4n) is 4.28. The van der Waals surface area contributed by atoms with E-state index in [0.717, 1.165) is 10.8 Å². The van der Waals surface area contributed by atoms with Gasteiger partial charge >= 0.3 is 5.97 Å². The van der Waals surface area contributed by atoms with E-state index in [1.54, 1.807) is 36.4 Å². The van der Waals surface area contributed by atoms with Crippen molar-refractivity contribution >= 4 is 38.5 Å². The first kappa shape index (κ1) is 24.4. The van der Waals surface area contributed by atoms with Crippen molar-refractivity contribution in [3.8, 4) is 0 Å². The van der Waals surface area contributed by atoms with Gasteiger partial charge in [0.05, 0.1) is 4.90 Å². The molecule has 0 aliphatic carbocycles. The Morgan fingerprint density at radius 2 is 1.80 bits per heavy atom. The number of rotatable bonds is 8. The predicted molar refractivity (Wildman–Crippen MR) is 132 cm³/mol. The number of sulfonamides is 1. The van der Waals surface area contributed by atoms with Crippen molar-refractivity contribution in [2.75, 3.05) is 6.54 Å². The quantitative estimate of drug-likeness (QED) is 0.278. The van der Waals surface area contributed by atoms with Crippen LogP contribution in [0.25, 0.3) is 10.8 Å². The van der Waals surface area contributed by atoms with Gasteiger partial charge in [-0.1, -0.05) is 54.6 Å². The largest absolute Gasteiger partial charge is 0.480 e. The van der Waals surface area contributed by atoms with E-state index in [4.69, 9.17) is 11.1 Å². The van der Waals surface area contributed by atoms with Gasteiger partial charge in [-0.3, -0.25) is 10.2 Å². The van der Waals surface area contributed by atoms with E-state index in [2.05, 4.69) is 4.72 Å². The van der Waals surface area contributed by atoms with Crippen LogP contribution in [0.1, 0.15) is 24.0 Å². The first-order valence-electron chi connectivity index (χ1n) is 11.1. The predicted octanol–water partition coefficient (Wildman–Crippen LogP) is 2.09. The Balaban J connectivity index is 1.52. The van der Waals surface area contributed by atoms with Gasteiger partial charge in [0.2, 0.25) is 15.9 Å². The number of carboxylic acids is 1. The number of amides is 1. The normalized spacial score (nSPS) is 17.3. The van der Waals surface area contributed by atoms with Crippen LogP contribution >= 0.6 is 0 Å². The lowest BCUT2D eigenvalue weighted by atomic mass is 9.98. The average Bonchev–Trinajstić information content (AvgIpc) is 2.84. The van der Waals surface area contributed by atoms with Crippen molar-refractivity contribution in [1.82, 2.24) is 9.62 Å². The van der Waals surface area contributed by atoms with E-state index in [0.29, 0.717) is 17.5 Å². The Morgan fingerprint density at radius 3 is 2.46 bits per heavy atom. The molecule has 0 aromatic heterocycles. The molecule has 3 aromatic carbocycles. The first-order chi connectivity index (χ1) is 16.7. The van der Waals surface area contributed by atoms with Crippen LogP contribution in [0.15, 0.2) is 71.6 Å². The van der Waals surface area contributed by atoms with Gasteiger partial charge in [0.15, 0.2) is 0 Å². The number of hydrogen-bond acceptors (Lipinski definition) is 5. The first-order valence-corrected chi connectivity index (χ1v) is 12.6. The molecule has 10 heteroatoms. The van der Waals surface area contributed by atoms with Crippen LogP contribution in [0, 0.1) is 5.41 Å². The lowest BCUT2D eigenvalue weighted by Crippen LogP contribution is -2.57. The SMILES string of the molecule is N=C(N)c1ccc(CC(C(=O)O)N2CCCC(NS(=O)(=O)c3ccc4ccccc4c3)C2=O)cc1. The fourth-order valence-corrected chi connectivity index (χ4v) is 5.54. The minimum atomic E-state index is -4.00. The molecule has 2 unspecified atom stereocenters. The highest BCUT2D eigenvalue weighted by atomic mass is 32.2. The zero-order valence-corrected chi connectivity index (χ0v) is 19.7. The highest BCUT2D eigenvalue weighted by Crippen LogP contribution is 2.22. The Kier molecular flexibility index (Phi) is 6.86. The van der Waals surface area contributed by atoms with Crippen LogP contribution in [0.3, 0.4) is 0 Å². The summed E-state index contributed by atoms with van der Waals surface area (Å²) in [6.07, 6.45) is 0.787. The topological polar surface area (TPSA) is 154 Å². The summed E-state index contributed by atoms with van der Waals surface area (Å²) in [6, 6.07) is 16.5. The van der Waals surface area contributed by atoms with Crippen LogP contribution in [0.4, 0.5) is 0 Å². The van der Waals surface area contributed by atoms with E-state index >= 15 is 0 Å². The number of aliphatic carboxylic acids is 1. The number of piperidine rings is 1. The number of nitrogens with one attached hydrogen (secondary N) is 2. The summed E-state index contributed by atoms with van der Waals surface area (Å²) in [5, 5.41) is 19.0. The summed E-state index contributed by atoms with van der Waals surface area (Å²) < 4.78 is 28.6. The summed E-state index contributed by atoms with van der Waals surface area (Å²) in [7, 11) is -4.00. The number of benzene rings is 3. The molecule has 3 aromatic rings. The van der Waals surface area contributed by atoms with Crippen LogP contribution in [0.2, 0.25) is 0 Å². The second-order valence-electron chi connectivity index (χ2n) is 8.53. The standard InChI is InChI=1S/C25H26N4O5S/c26-23(27)18-9-7-16(8-10-18)14-22(25(31)32)29-13-3-6-21(24(29)30)28-35(33,34)20-12-11-17-4-1-2-5-19(17)15-20/h1-2,4-5,7-12,15,21-22,28H,3,6,13-14H2,(H3,26,27)(H,31,32). The zero-order chi connectivity index (χ0) is 25.2. The molecule has 4 rings (SSSR count). The minimum absolute atomic E-state index is 0.0430. The summed E-state index contributed by atoms with van der Waals surface area (Å²) in [5.41, 5.74) is 6.64. The third-order valence-corrected chi connectivity index (χ3v) is 7.63. The third kappa shape index (κ3) is 5.33. The molecule has 1 fully saturated rings. The van der Waals surface area contributed by atoms with E-state index in [9.17, 15) is 23.1 Å². The molecule has 0 spiro atoms. The number of amidine groups is 1. The number of nitrogens with zero attached hydrogens (tertiary/aromatic N) is 1. The van der Waals surface area contributed by atoms with Crippen LogP contribution in [0.5, 0.6) is 0 Å². The molecule has 0 bridgehead atoms. The van der Waals surface area contributed by atoms with Crippen molar-refractivity contribution in [2.24, 2.45) is 5.73 Å². The molecule has 5 N–H and O–H groups in total.